The highest BCUT2D eigenvalue weighted by molar-refractivity contribution is 6.39. The molecule has 0 saturated carbocycles. The molecule has 1 fully saturated rings. The van der Waals surface area contributed by atoms with Crippen LogP contribution >= 0.6 is 0 Å². The summed E-state index contributed by atoms with van der Waals surface area (Å²) in [6, 6.07) is 11.7. The summed E-state index contributed by atoms with van der Waals surface area (Å²) in [6.45, 7) is 4.44. The average Bonchev–Trinajstić information content (AvgIpc) is 2.65. The Hall–Kier alpha value is -2.69. The molecular formula is C20H23N3O2. The molecule has 5 heteroatoms. The highest BCUT2D eigenvalue weighted by Crippen LogP contribution is 2.30. The third-order valence-corrected chi connectivity index (χ3v) is 4.74. The molecule has 1 N–H and O–H groups in total. The van der Waals surface area contributed by atoms with Gasteiger partial charge in [0.25, 0.3) is 0 Å². The molecule has 2 amide bonds. The number of nitrogens with zero attached hydrogens (tertiary/aromatic N) is 2. The molecule has 0 radical (unpaired) electrons. The van der Waals surface area contributed by atoms with Crippen LogP contribution in [0.15, 0.2) is 42.6 Å². The van der Waals surface area contributed by atoms with Gasteiger partial charge in [0.15, 0.2) is 0 Å². The molecule has 0 bridgehead atoms. The Labute approximate surface area is 148 Å². The van der Waals surface area contributed by atoms with Crippen LogP contribution in [0.2, 0.25) is 0 Å². The van der Waals surface area contributed by atoms with E-state index in [4.69, 9.17) is 0 Å². The van der Waals surface area contributed by atoms with E-state index in [1.54, 1.807) is 11.1 Å². The van der Waals surface area contributed by atoms with Crippen LogP contribution in [-0.2, 0) is 9.59 Å². The first-order valence-corrected chi connectivity index (χ1v) is 8.66. The first-order valence-electron chi connectivity index (χ1n) is 8.66. The largest absolute Gasteiger partial charge is 0.327 e. The normalized spacial score (nSPS) is 17.2. The lowest BCUT2D eigenvalue weighted by molar-refractivity contribution is -0.145. The molecule has 1 aromatic carbocycles. The van der Waals surface area contributed by atoms with Crippen LogP contribution in [0.1, 0.15) is 42.1 Å². The first kappa shape index (κ1) is 17.1. The zero-order chi connectivity index (χ0) is 17.8. The van der Waals surface area contributed by atoms with Gasteiger partial charge in [-0.25, -0.2) is 0 Å². The van der Waals surface area contributed by atoms with Crippen molar-refractivity contribution in [2.45, 2.75) is 39.2 Å². The highest BCUT2D eigenvalue weighted by Gasteiger charge is 2.31. The summed E-state index contributed by atoms with van der Waals surface area (Å²) in [5, 5.41) is 2.69. The van der Waals surface area contributed by atoms with E-state index in [-0.39, 0.29) is 6.04 Å². The third-order valence-electron chi connectivity index (χ3n) is 4.74. The van der Waals surface area contributed by atoms with Gasteiger partial charge in [-0.2, -0.15) is 0 Å². The van der Waals surface area contributed by atoms with Gasteiger partial charge < -0.3 is 10.2 Å². The molecule has 1 aliphatic rings. The smallest absolute Gasteiger partial charge is 0.313 e. The van der Waals surface area contributed by atoms with E-state index < -0.39 is 11.8 Å². The van der Waals surface area contributed by atoms with Gasteiger partial charge in [-0.15, -0.1) is 0 Å². The van der Waals surface area contributed by atoms with E-state index in [0.29, 0.717) is 12.2 Å². The molecule has 1 aromatic heterocycles. The molecule has 3 rings (SSSR count). The van der Waals surface area contributed by atoms with E-state index in [2.05, 4.69) is 10.3 Å². The van der Waals surface area contributed by atoms with Crippen LogP contribution in [0.4, 0.5) is 5.69 Å². The fourth-order valence-corrected chi connectivity index (χ4v) is 3.22. The van der Waals surface area contributed by atoms with Crippen molar-refractivity contribution < 1.29 is 9.59 Å². The van der Waals surface area contributed by atoms with Gasteiger partial charge in [-0.05, 0) is 50.3 Å². The van der Waals surface area contributed by atoms with E-state index in [0.717, 1.165) is 36.1 Å². The van der Waals surface area contributed by atoms with Crippen molar-refractivity contribution in [3.05, 3.63) is 59.4 Å². The maximum atomic E-state index is 12.7. The molecule has 5 nitrogen and oxygen atoms in total. The number of likely N-dealkylation sites (tertiary alicyclic amines) is 1. The lowest BCUT2D eigenvalue weighted by Crippen LogP contribution is -2.44. The minimum absolute atomic E-state index is 0.0360. The number of carbonyl (C=O) groups is 2. The second kappa shape index (κ2) is 7.47. The summed E-state index contributed by atoms with van der Waals surface area (Å²) in [6.07, 6.45) is 4.45. The SMILES string of the molecule is Cc1cc(NC(=O)C(=O)N2CCCC[C@H]2c2ccccc2)cnc1C. The monoisotopic (exact) mass is 337 g/mol. The van der Waals surface area contributed by atoms with Gasteiger partial charge in [0.2, 0.25) is 0 Å². The van der Waals surface area contributed by atoms with Crippen LogP contribution in [0.3, 0.4) is 0 Å². The molecular weight excluding hydrogens is 314 g/mol. The summed E-state index contributed by atoms with van der Waals surface area (Å²) in [5.41, 5.74) is 3.51. The van der Waals surface area contributed by atoms with E-state index >= 15 is 0 Å². The summed E-state index contributed by atoms with van der Waals surface area (Å²) < 4.78 is 0. The number of amides is 2. The number of benzene rings is 1. The number of aromatic nitrogens is 1. The van der Waals surface area contributed by atoms with Crippen LogP contribution in [0.25, 0.3) is 0 Å². The quantitative estimate of drug-likeness (QED) is 0.855. The molecule has 2 heterocycles. The predicted octanol–water partition coefficient (Wildman–Crippen LogP) is 3.39. The fraction of sp³-hybridized carbons (Fsp3) is 0.350. The van der Waals surface area contributed by atoms with E-state index in [1.165, 1.54) is 0 Å². The molecule has 1 saturated heterocycles. The number of piperidine rings is 1. The number of nitrogens with one attached hydrogen (secondary N) is 1. The number of anilines is 1. The zero-order valence-corrected chi connectivity index (χ0v) is 14.7. The van der Waals surface area contributed by atoms with Gasteiger partial charge in [-0.1, -0.05) is 30.3 Å². The maximum Gasteiger partial charge on any atom is 0.313 e. The van der Waals surface area contributed by atoms with Crippen molar-refractivity contribution in [2.24, 2.45) is 0 Å². The lowest BCUT2D eigenvalue weighted by Gasteiger charge is -2.35. The number of pyridine rings is 1. The fourth-order valence-electron chi connectivity index (χ4n) is 3.22. The minimum atomic E-state index is -0.604. The average molecular weight is 337 g/mol. The van der Waals surface area contributed by atoms with Crippen molar-refractivity contribution in [1.82, 2.24) is 9.88 Å². The molecule has 2 aromatic rings. The third kappa shape index (κ3) is 3.87. The zero-order valence-electron chi connectivity index (χ0n) is 14.7. The Bertz CT molecular complexity index is 774. The van der Waals surface area contributed by atoms with Gasteiger partial charge in [0.1, 0.15) is 0 Å². The minimum Gasteiger partial charge on any atom is -0.327 e. The molecule has 0 unspecified atom stereocenters. The van der Waals surface area contributed by atoms with E-state index in [1.807, 2.05) is 50.2 Å². The van der Waals surface area contributed by atoms with Crippen molar-refractivity contribution >= 4 is 17.5 Å². The molecule has 0 aliphatic carbocycles. The number of carbonyl (C=O) groups excluding carboxylic acids is 2. The van der Waals surface area contributed by atoms with E-state index in [9.17, 15) is 9.59 Å². The molecule has 1 atom stereocenters. The highest BCUT2D eigenvalue weighted by atomic mass is 16.2. The summed E-state index contributed by atoms with van der Waals surface area (Å²) in [7, 11) is 0. The maximum absolute atomic E-state index is 12.7. The Kier molecular flexibility index (Phi) is 5.12. The number of rotatable bonds is 2. The van der Waals surface area contributed by atoms with Crippen LogP contribution < -0.4 is 5.32 Å². The Morgan fingerprint density at radius 3 is 2.64 bits per heavy atom. The second-order valence-electron chi connectivity index (χ2n) is 6.50. The summed E-state index contributed by atoms with van der Waals surface area (Å²) >= 11 is 0. The van der Waals surface area contributed by atoms with Gasteiger partial charge in [0, 0.05) is 12.2 Å². The molecule has 130 valence electrons. The Morgan fingerprint density at radius 1 is 1.16 bits per heavy atom. The number of hydrogen-bond donors (Lipinski definition) is 1. The molecule has 1 aliphatic heterocycles. The van der Waals surface area contributed by atoms with Crippen molar-refractivity contribution in [3.63, 3.8) is 0 Å². The second-order valence-corrected chi connectivity index (χ2v) is 6.50. The lowest BCUT2D eigenvalue weighted by atomic mass is 9.95. The van der Waals surface area contributed by atoms with Crippen molar-refractivity contribution in [2.75, 3.05) is 11.9 Å². The Morgan fingerprint density at radius 2 is 1.92 bits per heavy atom. The summed E-state index contributed by atoms with van der Waals surface area (Å²) in [5.74, 6) is -1.08. The standard InChI is InChI=1S/C20H23N3O2/c1-14-12-17(13-21-15(14)2)22-19(24)20(25)23-11-7-6-10-18(23)16-8-4-3-5-9-16/h3-5,8-9,12-13,18H,6-7,10-11H2,1-2H3,(H,22,24)/t18-/m0/s1. The molecule has 0 spiro atoms. The predicted molar refractivity (Wildman–Crippen MR) is 97.1 cm³/mol. The Balaban J connectivity index is 1.75. The van der Waals surface area contributed by atoms with Crippen LogP contribution in [-0.4, -0.2) is 28.2 Å². The van der Waals surface area contributed by atoms with Gasteiger partial charge in [-0.3, -0.25) is 14.6 Å². The van der Waals surface area contributed by atoms with Crippen molar-refractivity contribution in [3.8, 4) is 0 Å². The molecule has 25 heavy (non-hydrogen) atoms. The van der Waals surface area contributed by atoms with Gasteiger partial charge in [0.05, 0.1) is 17.9 Å². The van der Waals surface area contributed by atoms with Crippen LogP contribution in [0, 0.1) is 13.8 Å². The first-order chi connectivity index (χ1) is 12.1. The van der Waals surface area contributed by atoms with Crippen LogP contribution in [0.5, 0.6) is 0 Å². The summed E-state index contributed by atoms with van der Waals surface area (Å²) in [4.78, 5) is 31.1. The topological polar surface area (TPSA) is 62.3 Å². The number of aryl methyl sites for hydroxylation is 2. The van der Waals surface area contributed by atoms with Gasteiger partial charge >= 0.3 is 11.8 Å². The van der Waals surface area contributed by atoms with Crippen molar-refractivity contribution in [1.29, 1.82) is 0 Å². The number of hydrogen-bond acceptors (Lipinski definition) is 3.